The van der Waals surface area contributed by atoms with E-state index in [-0.39, 0.29) is 18.3 Å². The highest BCUT2D eigenvalue weighted by Gasteiger charge is 2.18. The van der Waals surface area contributed by atoms with E-state index >= 15 is 0 Å². The van der Waals surface area contributed by atoms with Crippen molar-refractivity contribution in [2.75, 3.05) is 39.2 Å². The molecule has 5 nitrogen and oxygen atoms in total. The first-order valence-electron chi connectivity index (χ1n) is 8.19. The zero-order chi connectivity index (χ0) is 18.5. The number of methoxy groups -OCH3 is 1. The fourth-order valence-corrected chi connectivity index (χ4v) is 3.96. The minimum Gasteiger partial charge on any atom is -1.00 e. The lowest BCUT2D eigenvalue weighted by molar-refractivity contribution is -0.114. The lowest BCUT2D eigenvalue weighted by Crippen LogP contribution is -3.00. The molecule has 0 spiro atoms. The maximum Gasteiger partial charge on any atom is 0.252 e. The van der Waals surface area contributed by atoms with Crippen molar-refractivity contribution in [2.24, 2.45) is 0 Å². The summed E-state index contributed by atoms with van der Waals surface area (Å²) in [6.45, 7) is 1.34. The quantitative estimate of drug-likeness (QED) is 0.532. The number of halogens is 1. The molecule has 1 amide bonds. The molecule has 3 aromatic rings. The third-order valence-corrected chi connectivity index (χ3v) is 5.68. The van der Waals surface area contributed by atoms with Crippen LogP contribution in [0.25, 0.3) is 16.3 Å². The SMILES string of the molecule is COc1ccc2sc(N(CCN(C)C)C(=O)/C=C/c3cccs3)nc2c1.[Cl-]. The number of ether oxygens (including phenoxy) is 1. The van der Waals surface area contributed by atoms with E-state index in [2.05, 4.69) is 9.88 Å². The van der Waals surface area contributed by atoms with E-state index in [4.69, 9.17) is 4.74 Å². The van der Waals surface area contributed by atoms with Gasteiger partial charge in [-0.2, -0.15) is 0 Å². The summed E-state index contributed by atoms with van der Waals surface area (Å²) >= 11 is 3.12. The number of aromatic nitrogens is 1. The number of benzene rings is 1. The highest BCUT2D eigenvalue weighted by atomic mass is 35.5. The van der Waals surface area contributed by atoms with Crippen molar-refractivity contribution >= 4 is 50.0 Å². The van der Waals surface area contributed by atoms with Gasteiger partial charge in [-0.25, -0.2) is 4.98 Å². The molecule has 3 rings (SSSR count). The molecule has 144 valence electrons. The van der Waals surface area contributed by atoms with Crippen LogP contribution in [0.2, 0.25) is 0 Å². The van der Waals surface area contributed by atoms with Gasteiger partial charge in [0.2, 0.25) is 0 Å². The van der Waals surface area contributed by atoms with Gasteiger partial charge >= 0.3 is 0 Å². The van der Waals surface area contributed by atoms with Gasteiger partial charge in [-0.1, -0.05) is 17.4 Å². The maximum absolute atomic E-state index is 12.8. The maximum atomic E-state index is 12.8. The van der Waals surface area contributed by atoms with Crippen LogP contribution in [0.15, 0.2) is 41.8 Å². The summed E-state index contributed by atoms with van der Waals surface area (Å²) in [6, 6.07) is 9.74. The first-order chi connectivity index (χ1) is 12.6. The molecule has 2 heterocycles. The van der Waals surface area contributed by atoms with Crippen LogP contribution in [0, 0.1) is 0 Å². The molecule has 0 radical (unpaired) electrons. The van der Waals surface area contributed by atoms with E-state index in [9.17, 15) is 4.79 Å². The smallest absolute Gasteiger partial charge is 0.252 e. The Kier molecular flexibility index (Phi) is 7.79. The van der Waals surface area contributed by atoms with Crippen LogP contribution in [0.5, 0.6) is 5.75 Å². The van der Waals surface area contributed by atoms with Crippen LogP contribution in [-0.4, -0.2) is 50.1 Å². The summed E-state index contributed by atoms with van der Waals surface area (Å²) in [5, 5.41) is 2.70. The number of rotatable bonds is 7. The molecule has 0 aliphatic carbocycles. The Morgan fingerprint density at radius 1 is 1.26 bits per heavy atom. The number of thiophene rings is 1. The van der Waals surface area contributed by atoms with Gasteiger partial charge in [0.1, 0.15) is 5.75 Å². The first kappa shape index (κ1) is 21.4. The molecule has 27 heavy (non-hydrogen) atoms. The van der Waals surface area contributed by atoms with Crippen molar-refractivity contribution in [1.82, 2.24) is 9.88 Å². The third-order valence-electron chi connectivity index (χ3n) is 3.78. The number of nitrogens with zero attached hydrogens (tertiary/aromatic N) is 3. The molecule has 0 fully saturated rings. The molecule has 0 atom stereocenters. The number of carbonyl (C=O) groups is 1. The lowest BCUT2D eigenvalue weighted by atomic mass is 10.3. The van der Waals surface area contributed by atoms with E-state index in [0.29, 0.717) is 11.7 Å². The van der Waals surface area contributed by atoms with E-state index in [1.807, 2.05) is 55.9 Å². The number of hydrogen-bond donors (Lipinski definition) is 0. The molecule has 0 unspecified atom stereocenters. The molecular formula is C19H21ClN3O2S2-. The highest BCUT2D eigenvalue weighted by Crippen LogP contribution is 2.31. The molecule has 0 aliphatic heterocycles. The fraction of sp³-hybridized carbons (Fsp3) is 0.263. The van der Waals surface area contributed by atoms with Crippen molar-refractivity contribution in [2.45, 2.75) is 0 Å². The van der Waals surface area contributed by atoms with E-state index < -0.39 is 0 Å². The summed E-state index contributed by atoms with van der Waals surface area (Å²) in [6.07, 6.45) is 3.47. The average Bonchev–Trinajstić information content (AvgIpc) is 3.28. The van der Waals surface area contributed by atoms with Gasteiger partial charge in [0, 0.05) is 30.1 Å². The van der Waals surface area contributed by atoms with Gasteiger partial charge < -0.3 is 22.0 Å². The number of fused-ring (bicyclic) bond motifs is 1. The monoisotopic (exact) mass is 422 g/mol. The Morgan fingerprint density at radius 2 is 2.07 bits per heavy atom. The Hall–Kier alpha value is -1.93. The largest absolute Gasteiger partial charge is 1.00 e. The summed E-state index contributed by atoms with van der Waals surface area (Å²) in [5.41, 5.74) is 0.842. The van der Waals surface area contributed by atoms with Crippen molar-refractivity contribution in [1.29, 1.82) is 0 Å². The minimum atomic E-state index is -0.0636. The van der Waals surface area contributed by atoms with Crippen LogP contribution in [0.1, 0.15) is 4.88 Å². The fourth-order valence-electron chi connectivity index (χ4n) is 2.37. The lowest BCUT2D eigenvalue weighted by Gasteiger charge is -2.20. The number of hydrogen-bond acceptors (Lipinski definition) is 6. The molecule has 0 aliphatic rings. The van der Waals surface area contributed by atoms with Crippen LogP contribution in [0.3, 0.4) is 0 Å². The van der Waals surface area contributed by atoms with Gasteiger partial charge in [-0.15, -0.1) is 11.3 Å². The molecule has 8 heteroatoms. The second kappa shape index (κ2) is 9.85. The highest BCUT2D eigenvalue weighted by molar-refractivity contribution is 7.22. The zero-order valence-electron chi connectivity index (χ0n) is 15.4. The molecule has 0 saturated heterocycles. The number of thiazole rings is 1. The Balaban J connectivity index is 0.00000261. The molecule has 0 saturated carbocycles. The molecule has 1 aromatic carbocycles. The second-order valence-electron chi connectivity index (χ2n) is 5.97. The van der Waals surface area contributed by atoms with Gasteiger partial charge in [0.25, 0.3) is 5.91 Å². The Bertz CT molecular complexity index is 907. The summed E-state index contributed by atoms with van der Waals surface area (Å²) in [5.74, 6) is 0.699. The third kappa shape index (κ3) is 5.52. The Morgan fingerprint density at radius 3 is 2.74 bits per heavy atom. The second-order valence-corrected chi connectivity index (χ2v) is 7.96. The van der Waals surface area contributed by atoms with Crippen molar-refractivity contribution in [3.63, 3.8) is 0 Å². The molecular weight excluding hydrogens is 402 g/mol. The van der Waals surface area contributed by atoms with E-state index in [1.54, 1.807) is 29.4 Å². The predicted molar refractivity (Wildman–Crippen MR) is 110 cm³/mol. The molecule has 0 bridgehead atoms. The standard InChI is InChI=1S/C19H21N3O2S2.ClH/c1-21(2)10-11-22(18(23)9-7-15-5-4-12-25-15)19-20-16-13-14(24-3)6-8-17(16)26-19;/h4-9,12-13H,10-11H2,1-3H3;1H/p-1/b9-7+;. The van der Waals surface area contributed by atoms with Crippen molar-refractivity contribution in [3.8, 4) is 5.75 Å². The normalized spacial score (nSPS) is 11.1. The summed E-state index contributed by atoms with van der Waals surface area (Å²) < 4.78 is 6.30. The molecule has 0 N–H and O–H groups in total. The van der Waals surface area contributed by atoms with Crippen molar-refractivity contribution < 1.29 is 21.9 Å². The van der Waals surface area contributed by atoms with Crippen LogP contribution in [-0.2, 0) is 4.79 Å². The number of amides is 1. The van der Waals surface area contributed by atoms with E-state index in [0.717, 1.165) is 27.4 Å². The topological polar surface area (TPSA) is 45.7 Å². The van der Waals surface area contributed by atoms with Gasteiger partial charge in [-0.3, -0.25) is 9.69 Å². The van der Waals surface area contributed by atoms with Crippen LogP contribution < -0.4 is 22.0 Å². The van der Waals surface area contributed by atoms with Gasteiger partial charge in [-0.05, 0) is 43.8 Å². The number of anilines is 1. The number of carbonyl (C=O) groups excluding carboxylic acids is 1. The van der Waals surface area contributed by atoms with Gasteiger partial charge in [0.05, 0.1) is 17.3 Å². The van der Waals surface area contributed by atoms with Gasteiger partial charge in [0.15, 0.2) is 5.13 Å². The zero-order valence-corrected chi connectivity index (χ0v) is 17.8. The number of likely N-dealkylation sites (N-methyl/N-ethyl adjacent to an activating group) is 1. The average molecular weight is 423 g/mol. The summed E-state index contributed by atoms with van der Waals surface area (Å²) in [7, 11) is 5.62. The predicted octanol–water partition coefficient (Wildman–Crippen LogP) is 0.978. The summed E-state index contributed by atoms with van der Waals surface area (Å²) in [4.78, 5) is 22.3. The Labute approximate surface area is 173 Å². The van der Waals surface area contributed by atoms with Crippen LogP contribution >= 0.6 is 22.7 Å². The van der Waals surface area contributed by atoms with Crippen molar-refractivity contribution in [3.05, 3.63) is 46.7 Å². The van der Waals surface area contributed by atoms with Crippen LogP contribution in [0.4, 0.5) is 5.13 Å². The van der Waals surface area contributed by atoms with E-state index in [1.165, 1.54) is 11.3 Å². The first-order valence-corrected chi connectivity index (χ1v) is 9.89. The minimum absolute atomic E-state index is 0. The molecule has 2 aromatic heterocycles.